The molecule has 1 amide bonds. The molecular weight excluding hydrogens is 278 g/mol. The molecule has 0 radical (unpaired) electrons. The Morgan fingerprint density at radius 1 is 1.50 bits per heavy atom. The van der Waals surface area contributed by atoms with Crippen LogP contribution < -0.4 is 5.32 Å². The van der Waals surface area contributed by atoms with Gasteiger partial charge in [-0.15, -0.1) is 11.3 Å². The lowest BCUT2D eigenvalue weighted by Gasteiger charge is -1.99. The predicted octanol–water partition coefficient (Wildman–Crippen LogP) is 1.59. The van der Waals surface area contributed by atoms with E-state index in [1.807, 2.05) is 17.5 Å². The lowest BCUT2D eigenvalue weighted by atomic mass is 10.3. The normalized spacial score (nSPS) is 10.3. The second kappa shape index (κ2) is 6.33. The number of aromatic nitrogens is 2. The van der Waals surface area contributed by atoms with Crippen LogP contribution in [0.1, 0.15) is 32.8 Å². The van der Waals surface area contributed by atoms with Gasteiger partial charge >= 0.3 is 5.97 Å². The highest BCUT2D eigenvalue weighted by Gasteiger charge is 2.18. The van der Waals surface area contributed by atoms with Crippen molar-refractivity contribution in [2.24, 2.45) is 7.05 Å². The fourth-order valence-electron chi connectivity index (χ4n) is 1.65. The number of carbonyl (C=O) groups excluding carboxylic acids is 2. The zero-order chi connectivity index (χ0) is 14.5. The molecule has 0 spiro atoms. The van der Waals surface area contributed by atoms with Gasteiger partial charge in [0.2, 0.25) is 0 Å². The van der Waals surface area contributed by atoms with Crippen molar-refractivity contribution in [1.29, 1.82) is 0 Å². The molecule has 0 atom stereocenters. The molecule has 2 aromatic heterocycles. The van der Waals surface area contributed by atoms with Crippen LogP contribution in [0.4, 0.5) is 0 Å². The van der Waals surface area contributed by atoms with Gasteiger partial charge in [0.1, 0.15) is 5.69 Å². The smallest absolute Gasteiger partial charge is 0.356 e. The number of thiophene rings is 1. The molecule has 6 nitrogen and oxygen atoms in total. The number of nitrogens with one attached hydrogen (secondary N) is 1. The first-order chi connectivity index (χ1) is 9.61. The van der Waals surface area contributed by atoms with Crippen molar-refractivity contribution in [3.8, 4) is 0 Å². The van der Waals surface area contributed by atoms with Crippen LogP contribution in [0.2, 0.25) is 0 Å². The molecular formula is C13H15N3O3S. The lowest BCUT2D eigenvalue weighted by molar-refractivity contribution is 0.0513. The van der Waals surface area contributed by atoms with Crippen LogP contribution in [-0.4, -0.2) is 28.3 Å². The zero-order valence-corrected chi connectivity index (χ0v) is 12.1. The highest BCUT2D eigenvalue weighted by Crippen LogP contribution is 2.09. The summed E-state index contributed by atoms with van der Waals surface area (Å²) in [5, 5.41) is 8.72. The molecule has 0 bridgehead atoms. The van der Waals surface area contributed by atoms with E-state index >= 15 is 0 Å². The van der Waals surface area contributed by atoms with Crippen LogP contribution in [0.5, 0.6) is 0 Å². The van der Waals surface area contributed by atoms with E-state index in [4.69, 9.17) is 4.74 Å². The summed E-state index contributed by atoms with van der Waals surface area (Å²) in [6.45, 7) is 2.45. The minimum absolute atomic E-state index is 0.201. The Kier molecular flexibility index (Phi) is 4.52. The topological polar surface area (TPSA) is 73.2 Å². The van der Waals surface area contributed by atoms with Gasteiger partial charge in [0.15, 0.2) is 5.69 Å². The van der Waals surface area contributed by atoms with Crippen molar-refractivity contribution in [2.45, 2.75) is 13.5 Å². The molecule has 2 rings (SSSR count). The number of hydrogen-bond acceptors (Lipinski definition) is 5. The van der Waals surface area contributed by atoms with Crippen LogP contribution in [0.3, 0.4) is 0 Å². The van der Waals surface area contributed by atoms with Crippen LogP contribution in [0.25, 0.3) is 0 Å². The molecule has 0 aliphatic rings. The molecule has 2 heterocycles. The van der Waals surface area contributed by atoms with Crippen molar-refractivity contribution in [3.05, 3.63) is 39.8 Å². The van der Waals surface area contributed by atoms with Crippen molar-refractivity contribution in [2.75, 3.05) is 6.61 Å². The Morgan fingerprint density at radius 2 is 2.30 bits per heavy atom. The molecule has 0 aromatic carbocycles. The first-order valence-corrected chi connectivity index (χ1v) is 7.01. The fraction of sp³-hybridized carbons (Fsp3) is 0.308. The molecule has 0 aliphatic heterocycles. The Bertz CT molecular complexity index is 604. The molecule has 2 aromatic rings. The average molecular weight is 293 g/mol. The van der Waals surface area contributed by atoms with Gasteiger partial charge in [-0.05, 0) is 18.4 Å². The maximum absolute atomic E-state index is 12.0. The zero-order valence-electron chi connectivity index (χ0n) is 11.3. The van der Waals surface area contributed by atoms with Crippen LogP contribution in [0, 0.1) is 0 Å². The summed E-state index contributed by atoms with van der Waals surface area (Å²) in [5.74, 6) is -0.802. The van der Waals surface area contributed by atoms with E-state index in [9.17, 15) is 9.59 Å². The second-order valence-electron chi connectivity index (χ2n) is 4.02. The largest absolute Gasteiger partial charge is 0.461 e. The Hall–Kier alpha value is -2.15. The molecule has 0 saturated heterocycles. The number of carbonyl (C=O) groups is 2. The quantitative estimate of drug-likeness (QED) is 0.850. The number of rotatable bonds is 5. The Balaban J connectivity index is 2.03. The minimum Gasteiger partial charge on any atom is -0.461 e. The summed E-state index contributed by atoms with van der Waals surface area (Å²) < 4.78 is 6.24. The summed E-state index contributed by atoms with van der Waals surface area (Å²) in [4.78, 5) is 24.6. The van der Waals surface area contributed by atoms with Gasteiger partial charge < -0.3 is 10.1 Å². The molecule has 0 unspecified atom stereocenters. The number of amides is 1. The third-order valence-electron chi connectivity index (χ3n) is 2.60. The van der Waals surface area contributed by atoms with Crippen LogP contribution in [0.15, 0.2) is 23.6 Å². The average Bonchev–Trinajstić information content (AvgIpc) is 3.05. The highest BCUT2D eigenvalue weighted by molar-refractivity contribution is 7.09. The fourth-order valence-corrected chi connectivity index (χ4v) is 2.29. The molecule has 0 saturated carbocycles. The maximum atomic E-state index is 12.0. The first-order valence-electron chi connectivity index (χ1n) is 6.13. The standard InChI is InChI=1S/C13H15N3O3S/c1-3-19-13(18)11-7-10(15-16(11)2)12(17)14-8-9-5-4-6-20-9/h4-7H,3,8H2,1-2H3,(H,14,17). The van der Waals surface area contributed by atoms with E-state index in [0.717, 1.165) is 4.88 Å². The summed E-state index contributed by atoms with van der Waals surface area (Å²) >= 11 is 1.57. The third-order valence-corrected chi connectivity index (χ3v) is 3.48. The van der Waals surface area contributed by atoms with E-state index in [0.29, 0.717) is 6.54 Å². The molecule has 0 fully saturated rings. The number of ether oxygens (including phenoxy) is 1. The lowest BCUT2D eigenvalue weighted by Crippen LogP contribution is -2.22. The summed E-state index contributed by atoms with van der Waals surface area (Å²) in [5.41, 5.74) is 0.459. The van der Waals surface area contributed by atoms with Crippen molar-refractivity contribution >= 4 is 23.2 Å². The number of hydrogen-bond donors (Lipinski definition) is 1. The molecule has 7 heteroatoms. The Labute approximate surface area is 120 Å². The van der Waals surface area contributed by atoms with Gasteiger partial charge in [0, 0.05) is 18.0 Å². The van der Waals surface area contributed by atoms with Gasteiger partial charge in [0.05, 0.1) is 13.2 Å². The van der Waals surface area contributed by atoms with Gasteiger partial charge in [-0.3, -0.25) is 9.48 Å². The Morgan fingerprint density at radius 3 is 2.95 bits per heavy atom. The monoisotopic (exact) mass is 293 g/mol. The minimum atomic E-state index is -0.486. The van der Waals surface area contributed by atoms with Crippen LogP contribution in [-0.2, 0) is 18.3 Å². The SMILES string of the molecule is CCOC(=O)c1cc(C(=O)NCc2cccs2)nn1C. The van der Waals surface area contributed by atoms with Gasteiger partial charge in [-0.1, -0.05) is 6.07 Å². The molecule has 1 N–H and O–H groups in total. The van der Waals surface area contributed by atoms with Crippen molar-refractivity contribution in [1.82, 2.24) is 15.1 Å². The molecule has 0 aliphatic carbocycles. The maximum Gasteiger partial charge on any atom is 0.356 e. The predicted molar refractivity (Wildman–Crippen MR) is 74.7 cm³/mol. The van der Waals surface area contributed by atoms with Crippen molar-refractivity contribution in [3.63, 3.8) is 0 Å². The number of nitrogens with zero attached hydrogens (tertiary/aromatic N) is 2. The summed E-state index contributed by atoms with van der Waals surface area (Å²) in [6.07, 6.45) is 0. The summed E-state index contributed by atoms with van der Waals surface area (Å²) in [6, 6.07) is 5.29. The van der Waals surface area contributed by atoms with E-state index in [2.05, 4.69) is 10.4 Å². The molecule has 106 valence electrons. The van der Waals surface area contributed by atoms with E-state index < -0.39 is 5.97 Å². The van der Waals surface area contributed by atoms with Crippen molar-refractivity contribution < 1.29 is 14.3 Å². The summed E-state index contributed by atoms with van der Waals surface area (Å²) in [7, 11) is 1.60. The van der Waals surface area contributed by atoms with Crippen LogP contribution >= 0.6 is 11.3 Å². The number of aryl methyl sites for hydroxylation is 1. The van der Waals surface area contributed by atoms with E-state index in [-0.39, 0.29) is 23.9 Å². The highest BCUT2D eigenvalue weighted by atomic mass is 32.1. The van der Waals surface area contributed by atoms with E-state index in [1.165, 1.54) is 10.7 Å². The molecule has 20 heavy (non-hydrogen) atoms. The second-order valence-corrected chi connectivity index (χ2v) is 5.05. The van der Waals surface area contributed by atoms with Gasteiger partial charge in [-0.2, -0.15) is 5.10 Å². The van der Waals surface area contributed by atoms with Gasteiger partial charge in [-0.25, -0.2) is 4.79 Å². The van der Waals surface area contributed by atoms with E-state index in [1.54, 1.807) is 25.3 Å². The third kappa shape index (κ3) is 3.24. The number of esters is 1. The first kappa shape index (κ1) is 14.3. The van der Waals surface area contributed by atoms with Gasteiger partial charge in [0.25, 0.3) is 5.91 Å².